The van der Waals surface area contributed by atoms with Gasteiger partial charge < -0.3 is 15.2 Å². The first-order chi connectivity index (χ1) is 6.74. The molecule has 5 heteroatoms. The van der Waals surface area contributed by atoms with E-state index in [9.17, 15) is 9.59 Å². The molecule has 0 bridgehead atoms. The molecule has 5 nitrogen and oxygen atoms in total. The van der Waals surface area contributed by atoms with Crippen molar-refractivity contribution >= 4 is 12.1 Å². The van der Waals surface area contributed by atoms with Crippen LogP contribution < -0.4 is 5.32 Å². The summed E-state index contributed by atoms with van der Waals surface area (Å²) in [7, 11) is 0. The van der Waals surface area contributed by atoms with Gasteiger partial charge in [0.15, 0.2) is 0 Å². The van der Waals surface area contributed by atoms with Gasteiger partial charge in [-0.3, -0.25) is 4.79 Å². The molecular weight excluding hydrogens is 198 g/mol. The van der Waals surface area contributed by atoms with E-state index in [0.29, 0.717) is 0 Å². The zero-order valence-electron chi connectivity index (χ0n) is 9.24. The van der Waals surface area contributed by atoms with Crippen LogP contribution in [-0.4, -0.2) is 28.8 Å². The summed E-state index contributed by atoms with van der Waals surface area (Å²) >= 11 is 0. The topological polar surface area (TPSA) is 75.6 Å². The maximum Gasteiger partial charge on any atom is 0.408 e. The van der Waals surface area contributed by atoms with E-state index in [1.165, 1.54) is 6.08 Å². The molecule has 0 aliphatic rings. The van der Waals surface area contributed by atoms with Crippen LogP contribution in [0.5, 0.6) is 0 Å². The van der Waals surface area contributed by atoms with Gasteiger partial charge in [-0.1, -0.05) is 6.08 Å². The van der Waals surface area contributed by atoms with Crippen LogP contribution in [0, 0.1) is 0 Å². The molecule has 0 saturated carbocycles. The molecule has 1 amide bonds. The number of carbonyl (C=O) groups is 2. The van der Waals surface area contributed by atoms with Crippen molar-refractivity contribution in [2.45, 2.75) is 38.8 Å². The number of aliphatic carboxylic acids is 1. The Morgan fingerprint density at radius 1 is 1.53 bits per heavy atom. The van der Waals surface area contributed by atoms with Crippen molar-refractivity contribution in [1.29, 1.82) is 0 Å². The number of hydrogen-bond donors (Lipinski definition) is 2. The molecule has 0 aromatic carbocycles. The third kappa shape index (κ3) is 7.54. The molecule has 0 aliphatic carbocycles. The SMILES string of the molecule is C=CC(CC(=O)O)NC(=O)OC(C)(C)C. The molecule has 1 unspecified atom stereocenters. The molecule has 2 N–H and O–H groups in total. The van der Waals surface area contributed by atoms with Crippen LogP contribution in [0.1, 0.15) is 27.2 Å². The molecule has 0 saturated heterocycles. The quantitative estimate of drug-likeness (QED) is 0.697. The lowest BCUT2D eigenvalue weighted by molar-refractivity contribution is -0.137. The minimum absolute atomic E-state index is 0.206. The minimum atomic E-state index is -1.00. The summed E-state index contributed by atoms with van der Waals surface area (Å²) in [6.07, 6.45) is 0.509. The third-order valence-corrected chi connectivity index (χ3v) is 1.38. The van der Waals surface area contributed by atoms with Crippen molar-refractivity contribution in [3.63, 3.8) is 0 Å². The van der Waals surface area contributed by atoms with Crippen LogP contribution in [-0.2, 0) is 9.53 Å². The summed E-state index contributed by atoms with van der Waals surface area (Å²) in [5.41, 5.74) is -0.598. The number of nitrogens with one attached hydrogen (secondary N) is 1. The Hall–Kier alpha value is -1.52. The van der Waals surface area contributed by atoms with Gasteiger partial charge >= 0.3 is 12.1 Å². The average Bonchev–Trinajstić information content (AvgIpc) is 1.98. The summed E-state index contributed by atoms with van der Waals surface area (Å²) in [5.74, 6) is -1.00. The second-order valence-electron chi connectivity index (χ2n) is 4.09. The zero-order valence-corrected chi connectivity index (χ0v) is 9.24. The fourth-order valence-corrected chi connectivity index (χ4v) is 0.840. The standard InChI is InChI=1S/C10H17NO4/c1-5-7(6-8(12)13)11-9(14)15-10(2,3)4/h5,7H,1,6H2,2-4H3,(H,11,14)(H,12,13). The second kappa shape index (κ2) is 5.38. The normalized spacial score (nSPS) is 12.7. The summed E-state index contributed by atoms with van der Waals surface area (Å²) < 4.78 is 4.96. The monoisotopic (exact) mass is 215 g/mol. The molecule has 0 radical (unpaired) electrons. The third-order valence-electron chi connectivity index (χ3n) is 1.38. The minimum Gasteiger partial charge on any atom is -0.481 e. The van der Waals surface area contributed by atoms with Crippen LogP contribution in [0.25, 0.3) is 0 Å². The zero-order chi connectivity index (χ0) is 12.1. The van der Waals surface area contributed by atoms with Crippen LogP contribution in [0.4, 0.5) is 4.79 Å². The van der Waals surface area contributed by atoms with E-state index in [0.717, 1.165) is 0 Å². The Bertz CT molecular complexity index is 255. The molecule has 0 spiro atoms. The van der Waals surface area contributed by atoms with Gasteiger partial charge in [0.25, 0.3) is 0 Å². The maximum atomic E-state index is 11.2. The van der Waals surface area contributed by atoms with Gasteiger partial charge in [-0.2, -0.15) is 0 Å². The van der Waals surface area contributed by atoms with E-state index in [4.69, 9.17) is 9.84 Å². The number of carbonyl (C=O) groups excluding carboxylic acids is 1. The van der Waals surface area contributed by atoms with E-state index in [-0.39, 0.29) is 6.42 Å². The van der Waals surface area contributed by atoms with E-state index in [1.807, 2.05) is 0 Å². The molecule has 0 fully saturated rings. The first-order valence-electron chi connectivity index (χ1n) is 4.58. The summed E-state index contributed by atoms with van der Waals surface area (Å²) in [5, 5.41) is 10.9. The van der Waals surface area contributed by atoms with E-state index >= 15 is 0 Å². The number of rotatable bonds is 4. The number of ether oxygens (including phenoxy) is 1. The molecule has 0 aromatic rings. The first kappa shape index (κ1) is 13.5. The predicted octanol–water partition coefficient (Wildman–Crippen LogP) is 1.54. The molecule has 0 aliphatic heterocycles. The largest absolute Gasteiger partial charge is 0.481 e. The number of amides is 1. The average molecular weight is 215 g/mol. The van der Waals surface area contributed by atoms with Gasteiger partial charge in [-0.05, 0) is 20.8 Å². The first-order valence-corrected chi connectivity index (χ1v) is 4.58. The second-order valence-corrected chi connectivity index (χ2v) is 4.09. The molecule has 15 heavy (non-hydrogen) atoms. The van der Waals surface area contributed by atoms with Gasteiger partial charge in [0.2, 0.25) is 0 Å². The van der Waals surface area contributed by atoms with Gasteiger partial charge in [0, 0.05) is 0 Å². The Morgan fingerprint density at radius 3 is 2.40 bits per heavy atom. The van der Waals surface area contributed by atoms with Crippen molar-refractivity contribution < 1.29 is 19.4 Å². The molecule has 1 atom stereocenters. The van der Waals surface area contributed by atoms with E-state index in [1.54, 1.807) is 20.8 Å². The molecule has 86 valence electrons. The van der Waals surface area contributed by atoms with Gasteiger partial charge in [-0.25, -0.2) is 4.79 Å². The van der Waals surface area contributed by atoms with Gasteiger partial charge in [-0.15, -0.1) is 6.58 Å². The van der Waals surface area contributed by atoms with Crippen molar-refractivity contribution in [3.05, 3.63) is 12.7 Å². The summed E-state index contributed by atoms with van der Waals surface area (Å²) in [6.45, 7) is 8.62. The van der Waals surface area contributed by atoms with Gasteiger partial charge in [0.1, 0.15) is 5.60 Å². The Morgan fingerprint density at radius 2 is 2.07 bits per heavy atom. The smallest absolute Gasteiger partial charge is 0.408 e. The van der Waals surface area contributed by atoms with Gasteiger partial charge in [0.05, 0.1) is 12.5 Å². The molecule has 0 rings (SSSR count). The van der Waals surface area contributed by atoms with Crippen molar-refractivity contribution in [3.8, 4) is 0 Å². The van der Waals surface area contributed by atoms with Crippen LogP contribution in [0.15, 0.2) is 12.7 Å². The van der Waals surface area contributed by atoms with Crippen LogP contribution in [0.3, 0.4) is 0 Å². The number of carboxylic acids is 1. The lowest BCUT2D eigenvalue weighted by Crippen LogP contribution is -2.39. The Kier molecular flexibility index (Phi) is 4.84. The highest BCUT2D eigenvalue weighted by Gasteiger charge is 2.19. The number of hydrogen-bond acceptors (Lipinski definition) is 3. The Labute approximate surface area is 89.1 Å². The fourth-order valence-electron chi connectivity index (χ4n) is 0.840. The van der Waals surface area contributed by atoms with E-state index < -0.39 is 23.7 Å². The van der Waals surface area contributed by atoms with Crippen LogP contribution >= 0.6 is 0 Å². The molecular formula is C10H17NO4. The summed E-state index contributed by atoms with van der Waals surface area (Å²) in [6, 6.07) is -0.614. The molecule has 0 heterocycles. The van der Waals surface area contributed by atoms with Crippen molar-refractivity contribution in [2.75, 3.05) is 0 Å². The highest BCUT2D eigenvalue weighted by molar-refractivity contribution is 5.72. The fraction of sp³-hybridized carbons (Fsp3) is 0.600. The Balaban J connectivity index is 4.13. The lowest BCUT2D eigenvalue weighted by Gasteiger charge is -2.21. The maximum absolute atomic E-state index is 11.2. The summed E-state index contributed by atoms with van der Waals surface area (Å²) in [4.78, 5) is 21.6. The van der Waals surface area contributed by atoms with Crippen molar-refractivity contribution in [2.24, 2.45) is 0 Å². The highest BCUT2D eigenvalue weighted by atomic mass is 16.6. The molecule has 0 aromatic heterocycles. The predicted molar refractivity (Wildman–Crippen MR) is 55.6 cm³/mol. The highest BCUT2D eigenvalue weighted by Crippen LogP contribution is 2.07. The van der Waals surface area contributed by atoms with Crippen molar-refractivity contribution in [1.82, 2.24) is 5.32 Å². The van der Waals surface area contributed by atoms with Crippen LogP contribution in [0.2, 0.25) is 0 Å². The van der Waals surface area contributed by atoms with E-state index in [2.05, 4.69) is 11.9 Å². The number of carboxylic acid groups (broad SMARTS) is 1. The lowest BCUT2D eigenvalue weighted by atomic mass is 10.2. The number of alkyl carbamates (subject to hydrolysis) is 1.